The molecule has 2 N–H and O–H groups in total. The summed E-state index contributed by atoms with van der Waals surface area (Å²) in [5, 5.41) is 6.93. The van der Waals surface area contributed by atoms with Crippen LogP contribution >= 0.6 is 0 Å². The first-order chi connectivity index (χ1) is 14.7. The maximum atomic E-state index is 12.5. The van der Waals surface area contributed by atoms with Gasteiger partial charge < -0.3 is 10.6 Å². The van der Waals surface area contributed by atoms with Crippen LogP contribution in [0.4, 0.5) is 0 Å². The van der Waals surface area contributed by atoms with Crippen LogP contribution in [-0.4, -0.2) is 86.8 Å². The lowest BCUT2D eigenvalue weighted by atomic mass is 10.1. The van der Waals surface area contributed by atoms with Crippen LogP contribution in [0.1, 0.15) is 20.7 Å². The van der Waals surface area contributed by atoms with Crippen LogP contribution in [0.25, 0.3) is 0 Å². The molecule has 3 rings (SSSR count). The summed E-state index contributed by atoms with van der Waals surface area (Å²) in [6.07, 6.45) is 0. The number of nitrogens with one attached hydrogen (secondary N) is 2. The van der Waals surface area contributed by atoms with Gasteiger partial charge in [0.25, 0.3) is 0 Å². The van der Waals surface area contributed by atoms with Crippen LogP contribution in [0.2, 0.25) is 0 Å². The fourth-order valence-electron chi connectivity index (χ4n) is 3.58. The minimum atomic E-state index is 0.160. The van der Waals surface area contributed by atoms with E-state index in [0.717, 1.165) is 63.5 Å². The van der Waals surface area contributed by atoms with Gasteiger partial charge in [-0.05, 0) is 0 Å². The number of carbonyl (C=O) groups excluding carboxylic acids is 2. The van der Waals surface area contributed by atoms with Gasteiger partial charge in [0.1, 0.15) is 0 Å². The summed E-state index contributed by atoms with van der Waals surface area (Å²) in [5.41, 5.74) is 1.53. The molecule has 2 aromatic rings. The molecule has 0 aromatic heterocycles. The Morgan fingerprint density at radius 1 is 0.600 bits per heavy atom. The zero-order valence-electron chi connectivity index (χ0n) is 17.6. The third-order valence-corrected chi connectivity index (χ3v) is 5.35. The van der Waals surface area contributed by atoms with Gasteiger partial charge in [0.05, 0.1) is 13.1 Å². The lowest BCUT2D eigenvalue weighted by Gasteiger charge is -2.26. The maximum absolute atomic E-state index is 12.5. The Hall–Kier alpha value is -2.38. The Balaban J connectivity index is 1.46. The van der Waals surface area contributed by atoms with Crippen LogP contribution in [0.3, 0.4) is 0 Å². The Morgan fingerprint density at radius 2 is 0.933 bits per heavy atom. The van der Waals surface area contributed by atoms with Gasteiger partial charge in [0.2, 0.25) is 0 Å². The third kappa shape index (κ3) is 7.46. The van der Waals surface area contributed by atoms with Crippen molar-refractivity contribution in [3.8, 4) is 0 Å². The molecule has 0 bridgehead atoms. The molecule has 6 nitrogen and oxygen atoms in total. The quantitative estimate of drug-likeness (QED) is 0.707. The zero-order valence-corrected chi connectivity index (χ0v) is 17.6. The van der Waals surface area contributed by atoms with Crippen molar-refractivity contribution < 1.29 is 9.59 Å². The number of Topliss-reactive ketones (excluding diaryl/α,β-unsaturated/α-hetero) is 2. The molecule has 0 saturated carbocycles. The van der Waals surface area contributed by atoms with E-state index in [-0.39, 0.29) is 11.6 Å². The highest BCUT2D eigenvalue weighted by Crippen LogP contribution is 2.03. The second-order valence-electron chi connectivity index (χ2n) is 7.63. The van der Waals surface area contributed by atoms with E-state index in [9.17, 15) is 9.59 Å². The van der Waals surface area contributed by atoms with Crippen molar-refractivity contribution in [2.45, 2.75) is 0 Å². The summed E-state index contributed by atoms with van der Waals surface area (Å²) in [7, 11) is 0. The van der Waals surface area contributed by atoms with Crippen molar-refractivity contribution in [1.82, 2.24) is 20.4 Å². The van der Waals surface area contributed by atoms with Crippen molar-refractivity contribution in [3.05, 3.63) is 71.8 Å². The second kappa shape index (κ2) is 12.3. The molecule has 2 aromatic carbocycles. The molecule has 1 aliphatic rings. The Kier molecular flexibility index (Phi) is 9.18. The number of hydrogen-bond donors (Lipinski definition) is 2. The van der Waals surface area contributed by atoms with Gasteiger partial charge in [-0.2, -0.15) is 0 Å². The third-order valence-electron chi connectivity index (χ3n) is 5.35. The Labute approximate surface area is 179 Å². The minimum Gasteiger partial charge on any atom is -0.314 e. The molecule has 160 valence electrons. The predicted molar refractivity (Wildman–Crippen MR) is 120 cm³/mol. The van der Waals surface area contributed by atoms with Gasteiger partial charge in [-0.3, -0.25) is 19.4 Å². The highest BCUT2D eigenvalue weighted by molar-refractivity contribution is 5.98. The Morgan fingerprint density at radius 3 is 1.27 bits per heavy atom. The van der Waals surface area contributed by atoms with Crippen molar-refractivity contribution >= 4 is 11.6 Å². The lowest BCUT2D eigenvalue weighted by Crippen LogP contribution is -2.45. The first kappa shape index (κ1) is 22.3. The van der Waals surface area contributed by atoms with E-state index in [2.05, 4.69) is 20.4 Å². The number of ketones is 2. The van der Waals surface area contributed by atoms with Crippen LogP contribution in [0.5, 0.6) is 0 Å². The van der Waals surface area contributed by atoms with E-state index in [1.807, 2.05) is 60.7 Å². The lowest BCUT2D eigenvalue weighted by molar-refractivity contribution is 0.0929. The number of benzene rings is 2. The van der Waals surface area contributed by atoms with E-state index in [1.165, 1.54) is 0 Å². The van der Waals surface area contributed by atoms with E-state index < -0.39 is 0 Å². The minimum absolute atomic E-state index is 0.160. The molecule has 0 aliphatic carbocycles. The molecule has 1 fully saturated rings. The number of nitrogens with zero attached hydrogens (tertiary/aromatic N) is 2. The van der Waals surface area contributed by atoms with Crippen LogP contribution in [-0.2, 0) is 0 Å². The van der Waals surface area contributed by atoms with Gasteiger partial charge in [-0.25, -0.2) is 0 Å². The molecule has 30 heavy (non-hydrogen) atoms. The molecule has 0 spiro atoms. The number of hydrogen-bond acceptors (Lipinski definition) is 6. The van der Waals surface area contributed by atoms with Crippen molar-refractivity contribution in [2.24, 2.45) is 0 Å². The van der Waals surface area contributed by atoms with Gasteiger partial charge in [0, 0.05) is 63.5 Å². The molecular formula is C24H32N4O2. The molecule has 1 aliphatic heterocycles. The summed E-state index contributed by atoms with van der Waals surface area (Å²) < 4.78 is 0. The summed E-state index contributed by atoms with van der Waals surface area (Å²) >= 11 is 0. The van der Waals surface area contributed by atoms with E-state index in [1.54, 1.807) is 0 Å². The SMILES string of the molecule is O=C(CN1CCNCCN(CC(=O)c2ccccc2)CCNCC1)c1ccccc1. The summed E-state index contributed by atoms with van der Waals surface area (Å²) in [6, 6.07) is 19.0. The summed E-state index contributed by atoms with van der Waals surface area (Å²) in [5.74, 6) is 0.321. The first-order valence-corrected chi connectivity index (χ1v) is 10.7. The van der Waals surface area contributed by atoms with Gasteiger partial charge in [-0.1, -0.05) is 60.7 Å². The number of rotatable bonds is 6. The van der Waals surface area contributed by atoms with Crippen molar-refractivity contribution in [3.63, 3.8) is 0 Å². The summed E-state index contributed by atoms with van der Waals surface area (Å²) in [4.78, 5) is 29.5. The van der Waals surface area contributed by atoms with E-state index >= 15 is 0 Å². The zero-order chi connectivity index (χ0) is 21.0. The fourth-order valence-corrected chi connectivity index (χ4v) is 3.58. The molecular weight excluding hydrogens is 376 g/mol. The second-order valence-corrected chi connectivity index (χ2v) is 7.63. The number of carbonyl (C=O) groups is 2. The monoisotopic (exact) mass is 408 g/mol. The standard InChI is InChI=1S/C24H32N4O2/c29-23(21-7-3-1-4-8-21)19-27-15-11-25-13-17-28(18-14-26-12-16-27)20-24(30)22-9-5-2-6-10-22/h1-10,25-26H,11-20H2. The van der Waals surface area contributed by atoms with Crippen LogP contribution < -0.4 is 10.6 Å². The molecule has 6 heteroatoms. The molecule has 0 unspecified atom stereocenters. The van der Waals surface area contributed by atoms with Crippen molar-refractivity contribution in [1.29, 1.82) is 0 Å². The highest BCUT2D eigenvalue weighted by Gasteiger charge is 2.15. The molecule has 1 saturated heterocycles. The summed E-state index contributed by atoms with van der Waals surface area (Å²) in [6.45, 7) is 7.45. The van der Waals surface area contributed by atoms with Crippen LogP contribution in [0.15, 0.2) is 60.7 Å². The fraction of sp³-hybridized carbons (Fsp3) is 0.417. The van der Waals surface area contributed by atoms with E-state index in [4.69, 9.17) is 0 Å². The molecule has 0 atom stereocenters. The average molecular weight is 409 g/mol. The molecule has 0 radical (unpaired) electrons. The maximum Gasteiger partial charge on any atom is 0.176 e. The normalized spacial score (nSPS) is 17.6. The van der Waals surface area contributed by atoms with Gasteiger partial charge in [0.15, 0.2) is 11.6 Å². The van der Waals surface area contributed by atoms with Gasteiger partial charge >= 0.3 is 0 Å². The molecule has 1 heterocycles. The first-order valence-electron chi connectivity index (χ1n) is 10.7. The molecule has 0 amide bonds. The van der Waals surface area contributed by atoms with Crippen molar-refractivity contribution in [2.75, 3.05) is 65.4 Å². The van der Waals surface area contributed by atoms with Crippen LogP contribution in [0, 0.1) is 0 Å². The average Bonchev–Trinajstić information content (AvgIpc) is 2.78. The van der Waals surface area contributed by atoms with Gasteiger partial charge in [-0.15, -0.1) is 0 Å². The topological polar surface area (TPSA) is 64.7 Å². The highest BCUT2D eigenvalue weighted by atomic mass is 16.1. The van der Waals surface area contributed by atoms with E-state index in [0.29, 0.717) is 13.1 Å². The predicted octanol–water partition coefficient (Wildman–Crippen LogP) is 1.55. The smallest absolute Gasteiger partial charge is 0.176 e. The largest absolute Gasteiger partial charge is 0.314 e. The Bertz CT molecular complexity index is 703.